The molecule has 0 spiro atoms. The average molecular weight is 515 g/mol. The summed E-state index contributed by atoms with van der Waals surface area (Å²) < 4.78 is 50.3. The van der Waals surface area contributed by atoms with Gasteiger partial charge in [0.2, 0.25) is 0 Å². The van der Waals surface area contributed by atoms with Crippen molar-refractivity contribution in [2.45, 2.75) is 13.0 Å². The van der Waals surface area contributed by atoms with Crippen molar-refractivity contribution in [3.05, 3.63) is 107 Å². The fourth-order valence-corrected chi connectivity index (χ4v) is 4.40. The number of pyridine rings is 2. The van der Waals surface area contributed by atoms with Crippen LogP contribution in [0.1, 0.15) is 39.4 Å². The third kappa shape index (κ3) is 3.76. The van der Waals surface area contributed by atoms with Gasteiger partial charge >= 0.3 is 0 Å². The molecule has 0 saturated heterocycles. The SMILES string of the molecule is CC(Oc1cc2cc(F)cc(F)c2nc1N1C(=O)c2ccccc2C1=O)c1ncc(F)cc1-n1cccn1. The lowest BCUT2D eigenvalue weighted by molar-refractivity contribution is 0.0922. The number of ether oxygens (including phenoxy) is 1. The van der Waals surface area contributed by atoms with E-state index in [4.69, 9.17) is 4.74 Å². The molecule has 0 bridgehead atoms. The second kappa shape index (κ2) is 8.80. The molecule has 0 saturated carbocycles. The van der Waals surface area contributed by atoms with Crippen molar-refractivity contribution in [3.8, 4) is 11.4 Å². The average Bonchev–Trinajstić information content (AvgIpc) is 3.51. The third-order valence-corrected chi connectivity index (χ3v) is 6.09. The van der Waals surface area contributed by atoms with E-state index in [1.807, 2.05) is 0 Å². The molecule has 5 aromatic rings. The first-order valence-corrected chi connectivity index (χ1v) is 11.4. The van der Waals surface area contributed by atoms with Gasteiger partial charge in [0.05, 0.1) is 23.0 Å². The van der Waals surface area contributed by atoms with Gasteiger partial charge < -0.3 is 4.74 Å². The molecule has 0 N–H and O–H groups in total. The van der Waals surface area contributed by atoms with Gasteiger partial charge in [-0.25, -0.2) is 27.7 Å². The number of carbonyl (C=O) groups is 2. The maximum absolute atomic E-state index is 14.7. The summed E-state index contributed by atoms with van der Waals surface area (Å²) in [5.41, 5.74) is 0.609. The number of benzene rings is 2. The first kappa shape index (κ1) is 23.3. The van der Waals surface area contributed by atoms with Crippen LogP contribution in [0.4, 0.5) is 19.0 Å². The van der Waals surface area contributed by atoms with Gasteiger partial charge in [-0.3, -0.25) is 14.6 Å². The molecule has 4 heterocycles. The molecule has 8 nitrogen and oxygen atoms in total. The van der Waals surface area contributed by atoms with Crippen LogP contribution in [0.5, 0.6) is 5.75 Å². The fraction of sp³-hybridized carbons (Fsp3) is 0.0741. The summed E-state index contributed by atoms with van der Waals surface area (Å²) in [7, 11) is 0. The molecule has 1 aliphatic rings. The summed E-state index contributed by atoms with van der Waals surface area (Å²) >= 11 is 0. The number of rotatable bonds is 5. The number of hydrogen-bond donors (Lipinski definition) is 0. The van der Waals surface area contributed by atoms with E-state index >= 15 is 0 Å². The largest absolute Gasteiger partial charge is 0.480 e. The van der Waals surface area contributed by atoms with Crippen LogP contribution < -0.4 is 9.64 Å². The second-order valence-corrected chi connectivity index (χ2v) is 8.53. The smallest absolute Gasteiger partial charge is 0.267 e. The third-order valence-electron chi connectivity index (χ3n) is 6.09. The molecule has 2 amide bonds. The van der Waals surface area contributed by atoms with Gasteiger partial charge in [-0.2, -0.15) is 5.10 Å². The highest BCUT2D eigenvalue weighted by Crippen LogP contribution is 2.38. The molecule has 3 aromatic heterocycles. The summed E-state index contributed by atoms with van der Waals surface area (Å²) in [6.45, 7) is 1.61. The van der Waals surface area contributed by atoms with Gasteiger partial charge in [0, 0.05) is 29.9 Å². The molecule has 188 valence electrons. The minimum atomic E-state index is -0.973. The van der Waals surface area contributed by atoms with Gasteiger partial charge in [0.25, 0.3) is 11.8 Å². The number of amides is 2. The lowest BCUT2D eigenvalue weighted by atomic mass is 10.1. The van der Waals surface area contributed by atoms with Crippen molar-refractivity contribution in [1.82, 2.24) is 19.7 Å². The number of halogens is 3. The zero-order valence-electron chi connectivity index (χ0n) is 19.6. The maximum atomic E-state index is 14.7. The van der Waals surface area contributed by atoms with E-state index in [9.17, 15) is 22.8 Å². The van der Waals surface area contributed by atoms with Gasteiger partial charge in [-0.1, -0.05) is 12.1 Å². The number of carbonyl (C=O) groups excluding carboxylic acids is 2. The van der Waals surface area contributed by atoms with Crippen LogP contribution in [0, 0.1) is 17.5 Å². The van der Waals surface area contributed by atoms with Crippen LogP contribution in [0.2, 0.25) is 0 Å². The quantitative estimate of drug-likeness (QED) is 0.300. The molecular weight excluding hydrogens is 499 g/mol. The van der Waals surface area contributed by atoms with E-state index in [1.165, 1.54) is 35.1 Å². The fourth-order valence-electron chi connectivity index (χ4n) is 4.40. The summed E-state index contributed by atoms with van der Waals surface area (Å²) in [4.78, 5) is 35.6. The van der Waals surface area contributed by atoms with Crippen LogP contribution >= 0.6 is 0 Å². The Hall–Kier alpha value is -5.06. The Bertz CT molecular complexity index is 1720. The molecular formula is C27H16F3N5O3. The predicted octanol–water partition coefficient (Wildman–Crippen LogP) is 5.17. The summed E-state index contributed by atoms with van der Waals surface area (Å²) in [5.74, 6) is -4.14. The van der Waals surface area contributed by atoms with E-state index < -0.39 is 35.4 Å². The standard InChI is InChI=1S/C27H16F3N5O3/c1-14(23-21(12-17(29)13-31-23)34-8-4-7-32-34)38-22-10-15-9-16(28)11-20(30)24(15)33-25(22)35-26(36)18-5-2-3-6-19(18)27(35)37/h2-14H,1H3. The van der Waals surface area contributed by atoms with Gasteiger partial charge in [0.15, 0.2) is 17.4 Å². The van der Waals surface area contributed by atoms with Crippen LogP contribution in [0.25, 0.3) is 16.6 Å². The highest BCUT2D eigenvalue weighted by atomic mass is 19.1. The number of nitrogens with zero attached hydrogens (tertiary/aromatic N) is 5. The van der Waals surface area contributed by atoms with Crippen molar-refractivity contribution in [2.24, 2.45) is 0 Å². The van der Waals surface area contributed by atoms with Crippen molar-refractivity contribution in [1.29, 1.82) is 0 Å². The predicted molar refractivity (Wildman–Crippen MR) is 130 cm³/mol. The van der Waals surface area contributed by atoms with Crippen molar-refractivity contribution in [2.75, 3.05) is 4.90 Å². The molecule has 0 radical (unpaired) electrons. The zero-order valence-corrected chi connectivity index (χ0v) is 19.6. The number of anilines is 1. The first-order chi connectivity index (χ1) is 18.3. The number of hydrogen-bond acceptors (Lipinski definition) is 6. The Labute approximate surface area is 212 Å². The Kier molecular flexibility index (Phi) is 5.41. The Morgan fingerprint density at radius 3 is 2.34 bits per heavy atom. The van der Waals surface area contributed by atoms with Crippen LogP contribution in [-0.2, 0) is 0 Å². The molecule has 0 aliphatic carbocycles. The lowest BCUT2D eigenvalue weighted by Crippen LogP contribution is -2.31. The van der Waals surface area contributed by atoms with Gasteiger partial charge in [-0.05, 0) is 37.3 Å². The molecule has 38 heavy (non-hydrogen) atoms. The van der Waals surface area contributed by atoms with E-state index in [-0.39, 0.29) is 45.0 Å². The van der Waals surface area contributed by atoms with E-state index in [1.54, 1.807) is 31.3 Å². The number of fused-ring (bicyclic) bond motifs is 2. The van der Waals surface area contributed by atoms with Crippen molar-refractivity contribution < 1.29 is 27.5 Å². The molecule has 1 atom stereocenters. The highest BCUT2D eigenvalue weighted by Gasteiger charge is 2.39. The van der Waals surface area contributed by atoms with Gasteiger partial charge in [0.1, 0.15) is 28.9 Å². The van der Waals surface area contributed by atoms with Crippen molar-refractivity contribution >= 4 is 28.5 Å². The molecule has 0 fully saturated rings. The van der Waals surface area contributed by atoms with Crippen molar-refractivity contribution in [3.63, 3.8) is 0 Å². The molecule has 6 rings (SSSR count). The minimum Gasteiger partial charge on any atom is -0.480 e. The Morgan fingerprint density at radius 1 is 0.921 bits per heavy atom. The van der Waals surface area contributed by atoms with Crippen LogP contribution in [-0.4, -0.2) is 31.6 Å². The number of imide groups is 1. The lowest BCUT2D eigenvalue weighted by Gasteiger charge is -2.22. The number of aromatic nitrogens is 4. The summed E-state index contributed by atoms with van der Waals surface area (Å²) in [6, 6.07) is 12.1. The van der Waals surface area contributed by atoms with Crippen LogP contribution in [0.15, 0.2) is 73.2 Å². The normalized spacial score (nSPS) is 13.7. The Balaban J connectivity index is 1.50. The molecule has 1 aliphatic heterocycles. The van der Waals surface area contributed by atoms with Crippen LogP contribution in [0.3, 0.4) is 0 Å². The first-order valence-electron chi connectivity index (χ1n) is 11.4. The van der Waals surface area contributed by atoms with E-state index in [2.05, 4.69) is 15.1 Å². The zero-order chi connectivity index (χ0) is 26.6. The molecule has 11 heteroatoms. The molecule has 2 aromatic carbocycles. The summed E-state index contributed by atoms with van der Waals surface area (Å²) in [5, 5.41) is 4.17. The monoisotopic (exact) mass is 515 g/mol. The summed E-state index contributed by atoms with van der Waals surface area (Å²) in [6.07, 6.45) is 3.22. The topological polar surface area (TPSA) is 90.2 Å². The highest BCUT2D eigenvalue weighted by molar-refractivity contribution is 6.34. The second-order valence-electron chi connectivity index (χ2n) is 8.53. The Morgan fingerprint density at radius 2 is 1.66 bits per heavy atom. The van der Waals surface area contributed by atoms with Gasteiger partial charge in [-0.15, -0.1) is 0 Å². The minimum absolute atomic E-state index is 0.0458. The maximum Gasteiger partial charge on any atom is 0.267 e. The molecule has 1 unspecified atom stereocenters. The van der Waals surface area contributed by atoms with E-state index in [0.717, 1.165) is 17.2 Å². The van der Waals surface area contributed by atoms with E-state index in [0.29, 0.717) is 6.07 Å².